The maximum absolute atomic E-state index is 12.6. The van der Waals surface area contributed by atoms with E-state index in [0.717, 1.165) is 22.9 Å². The van der Waals surface area contributed by atoms with Crippen molar-refractivity contribution in [2.45, 2.75) is 13.1 Å². The standard InChI is InChI=1S/C13H9F3N2O2/c1-8(19)12-11(20)5-6-18(17-12)10-4-2-3-9(7-10)13(14,15)16/h2-7H,1H3. The fraction of sp³-hybridized carbons (Fsp3) is 0.154. The first-order chi connectivity index (χ1) is 9.29. The average Bonchev–Trinajstić information content (AvgIpc) is 2.38. The Balaban J connectivity index is 2.55. The number of hydrogen-bond acceptors (Lipinski definition) is 3. The molecule has 0 spiro atoms. The van der Waals surface area contributed by atoms with E-state index in [0.29, 0.717) is 0 Å². The van der Waals surface area contributed by atoms with Crippen molar-refractivity contribution >= 4 is 5.78 Å². The Morgan fingerprint density at radius 3 is 2.55 bits per heavy atom. The van der Waals surface area contributed by atoms with E-state index in [1.165, 1.54) is 25.3 Å². The first-order valence-corrected chi connectivity index (χ1v) is 5.57. The van der Waals surface area contributed by atoms with Gasteiger partial charge in [0.15, 0.2) is 11.5 Å². The Bertz CT molecular complexity index is 720. The van der Waals surface area contributed by atoms with Crippen LogP contribution in [-0.2, 0) is 6.18 Å². The molecular weight excluding hydrogens is 273 g/mol. The lowest BCUT2D eigenvalue weighted by molar-refractivity contribution is -0.137. The lowest BCUT2D eigenvalue weighted by atomic mass is 10.2. The number of ketones is 1. The van der Waals surface area contributed by atoms with Gasteiger partial charge in [0.2, 0.25) is 5.43 Å². The van der Waals surface area contributed by atoms with Crippen molar-refractivity contribution < 1.29 is 18.0 Å². The summed E-state index contributed by atoms with van der Waals surface area (Å²) >= 11 is 0. The van der Waals surface area contributed by atoms with Crippen LogP contribution in [0.15, 0.2) is 41.3 Å². The average molecular weight is 282 g/mol. The van der Waals surface area contributed by atoms with Crippen LogP contribution in [0.5, 0.6) is 0 Å². The third kappa shape index (κ3) is 2.76. The topological polar surface area (TPSA) is 52.0 Å². The Labute approximate surface area is 111 Å². The smallest absolute Gasteiger partial charge is 0.293 e. The van der Waals surface area contributed by atoms with Gasteiger partial charge in [0, 0.05) is 19.2 Å². The second-order valence-electron chi connectivity index (χ2n) is 4.08. The zero-order valence-corrected chi connectivity index (χ0v) is 10.3. The van der Waals surface area contributed by atoms with Gasteiger partial charge in [-0.2, -0.15) is 18.3 Å². The maximum Gasteiger partial charge on any atom is 0.416 e. The maximum atomic E-state index is 12.6. The number of Topliss-reactive ketones (excluding diaryl/α,β-unsaturated/α-hetero) is 1. The molecule has 0 radical (unpaired) electrons. The van der Waals surface area contributed by atoms with Crippen molar-refractivity contribution in [3.05, 3.63) is 58.0 Å². The van der Waals surface area contributed by atoms with E-state index in [1.807, 2.05) is 0 Å². The molecule has 1 aromatic carbocycles. The normalized spacial score (nSPS) is 11.4. The van der Waals surface area contributed by atoms with E-state index in [1.54, 1.807) is 0 Å². The molecule has 4 nitrogen and oxygen atoms in total. The number of benzene rings is 1. The van der Waals surface area contributed by atoms with E-state index in [9.17, 15) is 22.8 Å². The summed E-state index contributed by atoms with van der Waals surface area (Å²) in [6.45, 7) is 1.17. The molecule has 1 aromatic heterocycles. The van der Waals surface area contributed by atoms with Crippen LogP contribution in [0.2, 0.25) is 0 Å². The molecule has 0 aliphatic rings. The predicted octanol–water partition coefficient (Wildman–Crippen LogP) is 2.45. The Morgan fingerprint density at radius 1 is 1.25 bits per heavy atom. The fourth-order valence-corrected chi connectivity index (χ4v) is 1.62. The van der Waals surface area contributed by atoms with Gasteiger partial charge < -0.3 is 0 Å². The Kier molecular flexibility index (Phi) is 3.44. The van der Waals surface area contributed by atoms with E-state index in [-0.39, 0.29) is 11.4 Å². The monoisotopic (exact) mass is 282 g/mol. The lowest BCUT2D eigenvalue weighted by Gasteiger charge is -2.10. The number of hydrogen-bond donors (Lipinski definition) is 0. The summed E-state index contributed by atoms with van der Waals surface area (Å²) in [5.74, 6) is -0.545. The summed E-state index contributed by atoms with van der Waals surface area (Å²) < 4.78 is 38.9. The van der Waals surface area contributed by atoms with Crippen molar-refractivity contribution in [3.8, 4) is 5.69 Å². The van der Waals surface area contributed by atoms with Gasteiger partial charge in [-0.3, -0.25) is 9.59 Å². The second-order valence-corrected chi connectivity index (χ2v) is 4.08. The molecule has 1 heterocycles. The van der Waals surface area contributed by atoms with Crippen LogP contribution >= 0.6 is 0 Å². The minimum atomic E-state index is -4.47. The lowest BCUT2D eigenvalue weighted by Crippen LogP contribution is -2.19. The first kappa shape index (κ1) is 14.0. The summed E-state index contributed by atoms with van der Waals surface area (Å²) in [4.78, 5) is 22.6. The molecule has 0 saturated carbocycles. The van der Waals surface area contributed by atoms with E-state index < -0.39 is 23.0 Å². The van der Waals surface area contributed by atoms with Crippen molar-refractivity contribution in [2.75, 3.05) is 0 Å². The summed E-state index contributed by atoms with van der Waals surface area (Å²) in [5.41, 5.74) is -1.60. The molecule has 7 heteroatoms. The number of carbonyl (C=O) groups excluding carboxylic acids is 1. The van der Waals surface area contributed by atoms with Crippen LogP contribution in [0.4, 0.5) is 13.2 Å². The number of nitrogens with zero attached hydrogens (tertiary/aromatic N) is 2. The molecule has 0 aliphatic carbocycles. The zero-order valence-electron chi connectivity index (χ0n) is 10.3. The van der Waals surface area contributed by atoms with Crippen LogP contribution in [0.1, 0.15) is 23.0 Å². The van der Waals surface area contributed by atoms with Gasteiger partial charge in [-0.15, -0.1) is 0 Å². The third-order valence-electron chi connectivity index (χ3n) is 2.58. The molecule has 104 valence electrons. The SMILES string of the molecule is CC(=O)c1nn(-c2cccc(C(F)(F)F)c2)ccc1=O. The van der Waals surface area contributed by atoms with Crippen molar-refractivity contribution in [3.63, 3.8) is 0 Å². The van der Waals surface area contributed by atoms with Gasteiger partial charge in [-0.05, 0) is 18.2 Å². The van der Waals surface area contributed by atoms with E-state index in [4.69, 9.17) is 0 Å². The minimum absolute atomic E-state index is 0.113. The van der Waals surface area contributed by atoms with Gasteiger partial charge in [0.05, 0.1) is 11.3 Å². The van der Waals surface area contributed by atoms with Crippen LogP contribution in [0, 0.1) is 0 Å². The van der Waals surface area contributed by atoms with Crippen molar-refractivity contribution in [2.24, 2.45) is 0 Å². The second kappa shape index (κ2) is 4.92. The Hall–Kier alpha value is -2.44. The highest BCUT2D eigenvalue weighted by Crippen LogP contribution is 2.30. The third-order valence-corrected chi connectivity index (χ3v) is 2.58. The van der Waals surface area contributed by atoms with E-state index >= 15 is 0 Å². The number of halogens is 3. The molecule has 0 fully saturated rings. The highest BCUT2D eigenvalue weighted by atomic mass is 19.4. The number of rotatable bonds is 2. The summed E-state index contributed by atoms with van der Waals surface area (Å²) in [7, 11) is 0. The summed E-state index contributed by atoms with van der Waals surface area (Å²) in [5, 5.41) is 3.75. The van der Waals surface area contributed by atoms with Crippen LogP contribution in [0.25, 0.3) is 5.69 Å². The van der Waals surface area contributed by atoms with Crippen LogP contribution in [0.3, 0.4) is 0 Å². The Morgan fingerprint density at radius 2 is 1.95 bits per heavy atom. The first-order valence-electron chi connectivity index (χ1n) is 5.57. The molecule has 0 aliphatic heterocycles. The van der Waals surface area contributed by atoms with E-state index in [2.05, 4.69) is 5.10 Å². The van der Waals surface area contributed by atoms with Crippen LogP contribution in [-0.4, -0.2) is 15.6 Å². The van der Waals surface area contributed by atoms with Gasteiger partial charge in [-0.25, -0.2) is 4.68 Å². The number of aromatic nitrogens is 2. The largest absolute Gasteiger partial charge is 0.416 e. The molecule has 0 atom stereocenters. The fourth-order valence-electron chi connectivity index (χ4n) is 1.62. The molecule has 0 N–H and O–H groups in total. The highest BCUT2D eigenvalue weighted by molar-refractivity contribution is 5.91. The number of carbonyl (C=O) groups is 1. The van der Waals surface area contributed by atoms with Gasteiger partial charge >= 0.3 is 6.18 Å². The molecular formula is C13H9F3N2O2. The minimum Gasteiger partial charge on any atom is -0.293 e. The molecule has 20 heavy (non-hydrogen) atoms. The molecule has 0 unspecified atom stereocenters. The van der Waals surface area contributed by atoms with Gasteiger partial charge in [0.25, 0.3) is 0 Å². The molecule has 0 saturated heterocycles. The van der Waals surface area contributed by atoms with Gasteiger partial charge in [0.1, 0.15) is 0 Å². The predicted molar refractivity (Wildman–Crippen MR) is 64.8 cm³/mol. The van der Waals surface area contributed by atoms with Crippen LogP contribution < -0.4 is 5.43 Å². The summed E-state index contributed by atoms with van der Waals surface area (Å²) in [6.07, 6.45) is -3.26. The van der Waals surface area contributed by atoms with Crippen molar-refractivity contribution in [1.29, 1.82) is 0 Å². The van der Waals surface area contributed by atoms with Gasteiger partial charge in [-0.1, -0.05) is 6.07 Å². The van der Waals surface area contributed by atoms with Crippen molar-refractivity contribution in [1.82, 2.24) is 9.78 Å². The zero-order chi connectivity index (χ0) is 14.9. The molecule has 0 amide bonds. The highest BCUT2D eigenvalue weighted by Gasteiger charge is 2.30. The molecule has 2 aromatic rings. The number of alkyl halides is 3. The quantitative estimate of drug-likeness (QED) is 0.795. The molecule has 0 bridgehead atoms. The molecule has 2 rings (SSSR count). The summed E-state index contributed by atoms with van der Waals surface area (Å²) in [6, 6.07) is 5.53.